The average Bonchev–Trinajstić information content (AvgIpc) is 2.58. The summed E-state index contributed by atoms with van der Waals surface area (Å²) in [5.41, 5.74) is 1.16. The number of carbonyl (C=O) groups excluding carboxylic acids is 1. The third kappa shape index (κ3) is 5.78. The van der Waals surface area contributed by atoms with Gasteiger partial charge in [-0.2, -0.15) is 0 Å². The SMILES string of the molecule is CC(C)N(Cc1ccccc1)C(=O)CCCOc1ccccc1. The molecule has 122 valence electrons. The molecule has 0 aromatic heterocycles. The van der Waals surface area contributed by atoms with E-state index in [1.807, 2.05) is 53.4 Å². The normalized spacial score (nSPS) is 10.6. The Morgan fingerprint density at radius 2 is 1.61 bits per heavy atom. The summed E-state index contributed by atoms with van der Waals surface area (Å²) in [5, 5.41) is 0. The Hall–Kier alpha value is -2.29. The highest BCUT2D eigenvalue weighted by atomic mass is 16.5. The summed E-state index contributed by atoms with van der Waals surface area (Å²) < 4.78 is 5.64. The van der Waals surface area contributed by atoms with Gasteiger partial charge in [0.25, 0.3) is 0 Å². The maximum Gasteiger partial charge on any atom is 0.223 e. The van der Waals surface area contributed by atoms with Crippen molar-refractivity contribution in [2.45, 2.75) is 39.3 Å². The maximum atomic E-state index is 12.5. The van der Waals surface area contributed by atoms with Gasteiger partial charge in [0.15, 0.2) is 0 Å². The van der Waals surface area contributed by atoms with E-state index in [-0.39, 0.29) is 11.9 Å². The molecule has 0 atom stereocenters. The Morgan fingerprint density at radius 3 is 2.22 bits per heavy atom. The molecular weight excluding hydrogens is 286 g/mol. The molecule has 3 heteroatoms. The second kappa shape index (κ2) is 8.99. The number of para-hydroxylation sites is 1. The van der Waals surface area contributed by atoms with E-state index in [1.165, 1.54) is 0 Å². The molecule has 0 saturated carbocycles. The first-order chi connectivity index (χ1) is 11.2. The summed E-state index contributed by atoms with van der Waals surface area (Å²) in [7, 11) is 0. The average molecular weight is 311 g/mol. The Balaban J connectivity index is 1.79. The Labute approximate surface area is 138 Å². The number of rotatable bonds is 8. The lowest BCUT2D eigenvalue weighted by Gasteiger charge is -2.27. The van der Waals surface area contributed by atoms with Crippen molar-refractivity contribution >= 4 is 5.91 Å². The predicted molar refractivity (Wildman–Crippen MR) is 93.3 cm³/mol. The molecule has 0 aliphatic heterocycles. The lowest BCUT2D eigenvalue weighted by Crippen LogP contribution is -2.36. The smallest absolute Gasteiger partial charge is 0.223 e. The van der Waals surface area contributed by atoms with Crippen LogP contribution in [0.25, 0.3) is 0 Å². The third-order valence-electron chi connectivity index (χ3n) is 3.69. The molecule has 2 aromatic rings. The van der Waals surface area contributed by atoms with Gasteiger partial charge >= 0.3 is 0 Å². The molecule has 0 radical (unpaired) electrons. The predicted octanol–water partition coefficient (Wildman–Crippen LogP) is 4.28. The van der Waals surface area contributed by atoms with Gasteiger partial charge in [0.05, 0.1) is 6.61 Å². The fraction of sp³-hybridized carbons (Fsp3) is 0.350. The van der Waals surface area contributed by atoms with Gasteiger partial charge in [0.1, 0.15) is 5.75 Å². The Kier molecular flexibility index (Phi) is 6.67. The van der Waals surface area contributed by atoms with E-state index in [2.05, 4.69) is 26.0 Å². The minimum absolute atomic E-state index is 0.181. The number of ether oxygens (including phenoxy) is 1. The van der Waals surface area contributed by atoms with E-state index >= 15 is 0 Å². The largest absolute Gasteiger partial charge is 0.494 e. The zero-order valence-corrected chi connectivity index (χ0v) is 13.9. The highest BCUT2D eigenvalue weighted by Crippen LogP contribution is 2.12. The number of amides is 1. The van der Waals surface area contributed by atoms with Gasteiger partial charge in [-0.05, 0) is 38.0 Å². The molecular formula is C20H25NO2. The van der Waals surface area contributed by atoms with Crippen molar-refractivity contribution < 1.29 is 9.53 Å². The Bertz CT molecular complexity index is 581. The first-order valence-electron chi connectivity index (χ1n) is 8.18. The van der Waals surface area contributed by atoms with Crippen LogP contribution < -0.4 is 4.74 Å². The molecule has 0 spiro atoms. The fourth-order valence-electron chi connectivity index (χ4n) is 2.41. The first-order valence-corrected chi connectivity index (χ1v) is 8.18. The lowest BCUT2D eigenvalue weighted by molar-refractivity contribution is -0.133. The molecule has 2 rings (SSSR count). The minimum Gasteiger partial charge on any atom is -0.494 e. The van der Waals surface area contributed by atoms with E-state index in [0.717, 1.165) is 17.7 Å². The first kappa shape index (κ1) is 17.1. The van der Waals surface area contributed by atoms with E-state index in [0.29, 0.717) is 19.6 Å². The number of hydrogen-bond donors (Lipinski definition) is 0. The number of carbonyl (C=O) groups is 1. The van der Waals surface area contributed by atoms with Crippen LogP contribution in [0, 0.1) is 0 Å². The van der Waals surface area contributed by atoms with Gasteiger partial charge in [0, 0.05) is 19.0 Å². The van der Waals surface area contributed by atoms with Gasteiger partial charge in [-0.25, -0.2) is 0 Å². The highest BCUT2D eigenvalue weighted by Gasteiger charge is 2.16. The van der Waals surface area contributed by atoms with Crippen LogP contribution in [-0.2, 0) is 11.3 Å². The van der Waals surface area contributed by atoms with Crippen molar-refractivity contribution in [1.29, 1.82) is 0 Å². The molecule has 0 N–H and O–H groups in total. The molecule has 0 saturated heterocycles. The van der Waals surface area contributed by atoms with Crippen molar-refractivity contribution in [3.8, 4) is 5.75 Å². The van der Waals surface area contributed by atoms with Gasteiger partial charge in [-0.1, -0.05) is 48.5 Å². The number of nitrogens with zero attached hydrogens (tertiary/aromatic N) is 1. The van der Waals surface area contributed by atoms with Crippen molar-refractivity contribution in [3.05, 3.63) is 66.2 Å². The molecule has 0 fully saturated rings. The van der Waals surface area contributed by atoms with Gasteiger partial charge in [0.2, 0.25) is 5.91 Å². The Morgan fingerprint density at radius 1 is 1.00 bits per heavy atom. The summed E-state index contributed by atoms with van der Waals surface area (Å²) in [6, 6.07) is 20.0. The summed E-state index contributed by atoms with van der Waals surface area (Å²) >= 11 is 0. The second-order valence-electron chi connectivity index (χ2n) is 5.87. The van der Waals surface area contributed by atoms with Crippen LogP contribution in [0.4, 0.5) is 0 Å². The molecule has 0 bridgehead atoms. The summed E-state index contributed by atoms with van der Waals surface area (Å²) in [6.45, 7) is 5.34. The zero-order valence-electron chi connectivity index (χ0n) is 13.9. The van der Waals surface area contributed by atoms with E-state index in [4.69, 9.17) is 4.74 Å². The number of hydrogen-bond acceptors (Lipinski definition) is 2. The molecule has 23 heavy (non-hydrogen) atoms. The monoisotopic (exact) mass is 311 g/mol. The molecule has 0 heterocycles. The van der Waals surface area contributed by atoms with Crippen LogP contribution >= 0.6 is 0 Å². The second-order valence-corrected chi connectivity index (χ2v) is 5.87. The third-order valence-corrected chi connectivity index (χ3v) is 3.69. The van der Waals surface area contributed by atoms with E-state index in [9.17, 15) is 4.79 Å². The summed E-state index contributed by atoms with van der Waals surface area (Å²) in [6.07, 6.45) is 1.24. The van der Waals surface area contributed by atoms with Crippen LogP contribution in [0.5, 0.6) is 5.75 Å². The van der Waals surface area contributed by atoms with Crippen molar-refractivity contribution in [2.75, 3.05) is 6.61 Å². The fourth-order valence-corrected chi connectivity index (χ4v) is 2.41. The van der Waals surface area contributed by atoms with Gasteiger partial charge in [-0.15, -0.1) is 0 Å². The van der Waals surface area contributed by atoms with Crippen LogP contribution in [0.3, 0.4) is 0 Å². The molecule has 0 aliphatic carbocycles. The zero-order chi connectivity index (χ0) is 16.5. The van der Waals surface area contributed by atoms with Crippen molar-refractivity contribution in [2.24, 2.45) is 0 Å². The molecule has 1 amide bonds. The van der Waals surface area contributed by atoms with E-state index in [1.54, 1.807) is 0 Å². The van der Waals surface area contributed by atoms with Gasteiger partial charge in [-0.3, -0.25) is 4.79 Å². The molecule has 0 unspecified atom stereocenters. The topological polar surface area (TPSA) is 29.5 Å². The quantitative estimate of drug-likeness (QED) is 0.681. The molecule has 3 nitrogen and oxygen atoms in total. The molecule has 2 aromatic carbocycles. The van der Waals surface area contributed by atoms with Crippen molar-refractivity contribution in [1.82, 2.24) is 4.90 Å². The molecule has 0 aliphatic rings. The van der Waals surface area contributed by atoms with Crippen LogP contribution in [0.1, 0.15) is 32.3 Å². The summed E-state index contributed by atoms with van der Waals surface area (Å²) in [5.74, 6) is 1.03. The van der Waals surface area contributed by atoms with Crippen LogP contribution in [-0.4, -0.2) is 23.5 Å². The van der Waals surface area contributed by atoms with E-state index < -0.39 is 0 Å². The number of benzene rings is 2. The highest BCUT2D eigenvalue weighted by molar-refractivity contribution is 5.76. The van der Waals surface area contributed by atoms with Gasteiger partial charge < -0.3 is 9.64 Å². The lowest BCUT2D eigenvalue weighted by atomic mass is 10.1. The van der Waals surface area contributed by atoms with Crippen LogP contribution in [0.2, 0.25) is 0 Å². The maximum absolute atomic E-state index is 12.5. The minimum atomic E-state index is 0.181. The van der Waals surface area contributed by atoms with Crippen LogP contribution in [0.15, 0.2) is 60.7 Å². The standard InChI is InChI=1S/C20H25NO2/c1-17(2)21(16-18-10-5-3-6-11-18)20(22)14-9-15-23-19-12-7-4-8-13-19/h3-8,10-13,17H,9,14-16H2,1-2H3. The van der Waals surface area contributed by atoms with Crippen molar-refractivity contribution in [3.63, 3.8) is 0 Å². The summed E-state index contributed by atoms with van der Waals surface area (Å²) in [4.78, 5) is 14.4.